The van der Waals surface area contributed by atoms with Crippen molar-refractivity contribution in [2.45, 2.75) is 52.4 Å². The molecule has 0 atom stereocenters. The van der Waals surface area contributed by atoms with E-state index in [1.54, 1.807) is 0 Å². The maximum absolute atomic E-state index is 2.29. The average Bonchev–Trinajstić information content (AvgIpc) is 3.67. The lowest BCUT2D eigenvalue weighted by molar-refractivity contribution is 0.795. The van der Waals surface area contributed by atoms with Crippen molar-refractivity contribution >= 4 is 34.0 Å². The molecule has 0 bridgehead atoms. The molecule has 0 fully saturated rings. The summed E-state index contributed by atoms with van der Waals surface area (Å²) in [6.45, 7) is 4.50. The highest BCUT2D eigenvalue weighted by Crippen LogP contribution is 2.43. The zero-order valence-electron chi connectivity index (χ0n) is 20.6. The van der Waals surface area contributed by atoms with Crippen LogP contribution in [0.25, 0.3) is 40.4 Å². The molecule has 0 aliphatic heterocycles. The minimum absolute atomic E-state index is 1.18. The second kappa shape index (κ2) is 11.5. The number of rotatable bonds is 10. The van der Waals surface area contributed by atoms with Crippen molar-refractivity contribution in [1.82, 2.24) is 0 Å². The van der Waals surface area contributed by atoms with E-state index < -0.39 is 0 Å². The zero-order chi connectivity index (χ0) is 24.0. The number of benzene rings is 2. The second-order valence-electron chi connectivity index (χ2n) is 9.09. The fourth-order valence-corrected chi connectivity index (χ4v) is 7.50. The summed E-state index contributed by atoms with van der Waals surface area (Å²) in [7, 11) is 0. The summed E-state index contributed by atoms with van der Waals surface area (Å²) in [5.41, 5.74) is 5.53. The van der Waals surface area contributed by atoms with Gasteiger partial charge in [-0.2, -0.15) is 0 Å². The van der Waals surface area contributed by atoms with Gasteiger partial charge in [0.2, 0.25) is 0 Å². The first kappa shape index (κ1) is 24.2. The van der Waals surface area contributed by atoms with E-state index in [2.05, 4.69) is 98.8 Å². The number of unbranched alkanes of at least 4 members (excludes halogenated alkanes) is 2. The lowest BCUT2D eigenvalue weighted by atomic mass is 10.1. The van der Waals surface area contributed by atoms with Crippen LogP contribution in [0, 0.1) is 0 Å². The third kappa shape index (κ3) is 5.86. The summed E-state index contributed by atoms with van der Waals surface area (Å²) in [6, 6.07) is 32.0. The highest BCUT2D eigenvalue weighted by Gasteiger charge is 2.11. The van der Waals surface area contributed by atoms with Gasteiger partial charge in [0.1, 0.15) is 0 Å². The van der Waals surface area contributed by atoms with E-state index in [1.807, 2.05) is 34.0 Å². The van der Waals surface area contributed by atoms with Gasteiger partial charge in [0.25, 0.3) is 0 Å². The van der Waals surface area contributed by atoms with Crippen LogP contribution in [0.4, 0.5) is 0 Å². The number of aryl methyl sites for hydroxylation is 2. The molecule has 35 heavy (non-hydrogen) atoms. The van der Waals surface area contributed by atoms with Gasteiger partial charge in [-0.05, 0) is 84.3 Å². The summed E-state index contributed by atoms with van der Waals surface area (Å²) >= 11 is 5.69. The van der Waals surface area contributed by atoms with Crippen molar-refractivity contribution in [1.29, 1.82) is 0 Å². The Morgan fingerprint density at radius 1 is 0.400 bits per heavy atom. The predicted octanol–water partition coefficient (Wildman–Crippen LogP) is 11.2. The molecule has 3 heteroatoms. The molecule has 178 valence electrons. The Hall–Kier alpha value is -2.46. The minimum Gasteiger partial charge on any atom is -0.134 e. The molecule has 2 aromatic carbocycles. The van der Waals surface area contributed by atoms with Crippen LogP contribution in [0.1, 0.15) is 50.7 Å². The zero-order valence-corrected chi connectivity index (χ0v) is 23.0. The maximum atomic E-state index is 2.29. The van der Waals surface area contributed by atoms with Gasteiger partial charge in [-0.3, -0.25) is 0 Å². The molecule has 5 rings (SSSR count). The van der Waals surface area contributed by atoms with Crippen molar-refractivity contribution in [2.75, 3.05) is 0 Å². The van der Waals surface area contributed by atoms with Gasteiger partial charge in [0.05, 0.1) is 0 Å². The maximum Gasteiger partial charge on any atom is 0.0449 e. The Kier molecular flexibility index (Phi) is 7.98. The van der Waals surface area contributed by atoms with Crippen LogP contribution in [0.2, 0.25) is 0 Å². The van der Waals surface area contributed by atoms with Gasteiger partial charge in [0.15, 0.2) is 0 Å². The van der Waals surface area contributed by atoms with Crippen molar-refractivity contribution in [3.8, 4) is 40.4 Å². The summed E-state index contributed by atoms with van der Waals surface area (Å²) in [5, 5.41) is 0. The second-order valence-corrected chi connectivity index (χ2v) is 12.3. The molecule has 0 saturated heterocycles. The lowest BCUT2D eigenvalue weighted by Gasteiger charge is -2.02. The van der Waals surface area contributed by atoms with Crippen molar-refractivity contribution in [3.05, 3.63) is 96.1 Å². The fourth-order valence-electron chi connectivity index (χ4n) is 4.29. The van der Waals surface area contributed by atoms with E-state index >= 15 is 0 Å². The van der Waals surface area contributed by atoms with E-state index in [0.29, 0.717) is 0 Å². The van der Waals surface area contributed by atoms with E-state index in [1.165, 1.54) is 90.0 Å². The molecular weight excluding hydrogens is 481 g/mol. The molecule has 0 nitrogen and oxygen atoms in total. The first-order chi connectivity index (χ1) is 17.2. The van der Waals surface area contributed by atoms with Crippen molar-refractivity contribution in [3.63, 3.8) is 0 Å². The number of thiophene rings is 3. The van der Waals surface area contributed by atoms with Crippen molar-refractivity contribution in [2.24, 2.45) is 0 Å². The highest BCUT2D eigenvalue weighted by atomic mass is 32.1. The molecule has 0 saturated carbocycles. The monoisotopic (exact) mass is 512 g/mol. The van der Waals surface area contributed by atoms with Gasteiger partial charge in [-0.1, -0.05) is 75.2 Å². The summed E-state index contributed by atoms with van der Waals surface area (Å²) in [5.74, 6) is 0. The largest absolute Gasteiger partial charge is 0.134 e. The molecule has 0 amide bonds. The van der Waals surface area contributed by atoms with Gasteiger partial charge in [-0.25, -0.2) is 0 Å². The molecule has 5 aromatic rings. The molecule has 3 aromatic heterocycles. The number of hydrogen-bond acceptors (Lipinski definition) is 3. The van der Waals surface area contributed by atoms with Crippen LogP contribution in [0.5, 0.6) is 0 Å². The smallest absolute Gasteiger partial charge is 0.0449 e. The van der Waals surface area contributed by atoms with E-state index in [-0.39, 0.29) is 0 Å². The summed E-state index contributed by atoms with van der Waals surface area (Å²) in [4.78, 5) is 8.10. The minimum atomic E-state index is 1.18. The fraction of sp³-hybridized carbons (Fsp3) is 0.250. The van der Waals surface area contributed by atoms with E-state index in [4.69, 9.17) is 0 Å². The van der Waals surface area contributed by atoms with Gasteiger partial charge >= 0.3 is 0 Å². The predicted molar refractivity (Wildman–Crippen MR) is 159 cm³/mol. The van der Waals surface area contributed by atoms with Crippen LogP contribution in [-0.2, 0) is 12.8 Å². The normalized spacial score (nSPS) is 11.3. The van der Waals surface area contributed by atoms with E-state index in [9.17, 15) is 0 Å². The Balaban J connectivity index is 1.29. The van der Waals surface area contributed by atoms with Crippen LogP contribution in [0.15, 0.2) is 84.9 Å². The van der Waals surface area contributed by atoms with Crippen LogP contribution < -0.4 is 0 Å². The van der Waals surface area contributed by atoms with Crippen molar-refractivity contribution < 1.29 is 0 Å². The van der Waals surface area contributed by atoms with Crippen LogP contribution >= 0.6 is 34.0 Å². The van der Waals surface area contributed by atoms with Gasteiger partial charge in [-0.15, -0.1) is 34.0 Å². The Bertz CT molecular complexity index is 1240. The molecule has 0 aliphatic rings. The highest BCUT2D eigenvalue weighted by molar-refractivity contribution is 7.27. The Morgan fingerprint density at radius 3 is 1.06 bits per heavy atom. The molecule has 0 unspecified atom stereocenters. The lowest BCUT2D eigenvalue weighted by Crippen LogP contribution is -1.83. The first-order valence-corrected chi connectivity index (χ1v) is 15.2. The molecule has 0 N–H and O–H groups in total. The molecular formula is C32H32S3. The Morgan fingerprint density at radius 2 is 0.714 bits per heavy atom. The van der Waals surface area contributed by atoms with Gasteiger partial charge in [0, 0.05) is 29.3 Å². The van der Waals surface area contributed by atoms with E-state index in [0.717, 1.165) is 0 Å². The third-order valence-electron chi connectivity index (χ3n) is 6.42. The summed E-state index contributed by atoms with van der Waals surface area (Å²) < 4.78 is 0. The SMILES string of the molecule is CCCCc1ccc(-c2ccc(-c3ccc(-c4ccc(-c5ccc(CCCC)cc5)s4)s3)s2)cc1. The summed E-state index contributed by atoms with van der Waals surface area (Å²) in [6.07, 6.45) is 7.38. The molecule has 0 aliphatic carbocycles. The number of hydrogen-bond donors (Lipinski definition) is 0. The molecule has 0 spiro atoms. The standard InChI is InChI=1S/C32H32S3/c1-3-5-7-23-9-13-25(14-10-23)27-17-19-29(33-27)31-21-22-32(35-31)30-20-18-28(34-30)26-15-11-24(12-16-26)8-6-4-2/h9-22H,3-8H2,1-2H3. The Labute approximate surface area is 222 Å². The quantitative estimate of drug-likeness (QED) is 0.174. The van der Waals surface area contributed by atoms with Crippen LogP contribution in [0.3, 0.4) is 0 Å². The average molecular weight is 513 g/mol. The van der Waals surface area contributed by atoms with Gasteiger partial charge < -0.3 is 0 Å². The third-order valence-corrected chi connectivity index (χ3v) is 10.2. The van der Waals surface area contributed by atoms with Crippen LogP contribution in [-0.4, -0.2) is 0 Å². The molecule has 3 heterocycles. The molecule has 0 radical (unpaired) electrons. The first-order valence-electron chi connectivity index (χ1n) is 12.7. The topological polar surface area (TPSA) is 0 Å².